The van der Waals surface area contributed by atoms with Crippen molar-refractivity contribution >= 4 is 11.9 Å². The Morgan fingerprint density at radius 1 is 1.05 bits per heavy atom. The zero-order valence-corrected chi connectivity index (χ0v) is 12.6. The molecule has 0 aromatic carbocycles. The van der Waals surface area contributed by atoms with E-state index in [1.807, 2.05) is 11.8 Å². The highest BCUT2D eigenvalue weighted by Crippen LogP contribution is 2.28. The SMILES string of the molecule is CCOC(=O)C1CCN(C(=O)CC2CCCCC2)CC1. The minimum absolute atomic E-state index is 0.00585. The molecule has 0 unspecified atom stereocenters. The highest BCUT2D eigenvalue weighted by Gasteiger charge is 2.29. The van der Waals surface area contributed by atoms with Crippen LogP contribution in [-0.4, -0.2) is 36.5 Å². The Labute approximate surface area is 121 Å². The summed E-state index contributed by atoms with van der Waals surface area (Å²) in [4.78, 5) is 25.9. The van der Waals surface area contributed by atoms with Crippen molar-refractivity contribution in [3.8, 4) is 0 Å². The van der Waals surface area contributed by atoms with Crippen molar-refractivity contribution in [2.45, 2.75) is 58.3 Å². The van der Waals surface area contributed by atoms with Crippen LogP contribution in [-0.2, 0) is 14.3 Å². The zero-order valence-electron chi connectivity index (χ0n) is 12.6. The average Bonchev–Trinajstić information content (AvgIpc) is 2.48. The molecule has 2 rings (SSSR count). The molecule has 0 spiro atoms. The second-order valence-electron chi connectivity index (χ2n) is 6.12. The summed E-state index contributed by atoms with van der Waals surface area (Å²) < 4.78 is 5.06. The molecule has 4 nitrogen and oxygen atoms in total. The highest BCUT2D eigenvalue weighted by molar-refractivity contribution is 5.77. The maximum absolute atomic E-state index is 12.3. The lowest BCUT2D eigenvalue weighted by Gasteiger charge is -2.32. The molecule has 1 amide bonds. The minimum Gasteiger partial charge on any atom is -0.466 e. The number of hydrogen-bond donors (Lipinski definition) is 0. The predicted molar refractivity (Wildman–Crippen MR) is 77.1 cm³/mol. The predicted octanol–water partition coefficient (Wildman–Crippen LogP) is 2.76. The molecule has 0 radical (unpaired) electrons. The van der Waals surface area contributed by atoms with Crippen molar-refractivity contribution in [2.75, 3.05) is 19.7 Å². The number of carbonyl (C=O) groups excluding carboxylic acids is 2. The first-order valence-electron chi connectivity index (χ1n) is 8.15. The first-order chi connectivity index (χ1) is 9.70. The van der Waals surface area contributed by atoms with Crippen molar-refractivity contribution in [1.82, 2.24) is 4.90 Å². The number of nitrogens with zero attached hydrogens (tertiary/aromatic N) is 1. The molecule has 0 aromatic rings. The van der Waals surface area contributed by atoms with Crippen molar-refractivity contribution in [1.29, 1.82) is 0 Å². The fourth-order valence-corrected chi connectivity index (χ4v) is 3.39. The Kier molecular flexibility index (Phi) is 5.86. The second kappa shape index (κ2) is 7.65. The Morgan fingerprint density at radius 3 is 2.30 bits per heavy atom. The first-order valence-corrected chi connectivity index (χ1v) is 8.15. The van der Waals surface area contributed by atoms with E-state index in [1.165, 1.54) is 32.1 Å². The van der Waals surface area contributed by atoms with E-state index in [-0.39, 0.29) is 11.9 Å². The fourth-order valence-electron chi connectivity index (χ4n) is 3.39. The third-order valence-electron chi connectivity index (χ3n) is 4.66. The van der Waals surface area contributed by atoms with E-state index in [1.54, 1.807) is 0 Å². The number of carbonyl (C=O) groups is 2. The van der Waals surface area contributed by atoms with Crippen molar-refractivity contribution in [3.05, 3.63) is 0 Å². The zero-order chi connectivity index (χ0) is 14.4. The summed E-state index contributed by atoms with van der Waals surface area (Å²) in [6.07, 6.45) is 8.55. The van der Waals surface area contributed by atoms with Crippen LogP contribution < -0.4 is 0 Å². The van der Waals surface area contributed by atoms with Crippen molar-refractivity contribution < 1.29 is 14.3 Å². The van der Waals surface area contributed by atoms with E-state index in [2.05, 4.69) is 0 Å². The number of ether oxygens (including phenoxy) is 1. The normalized spacial score (nSPS) is 21.8. The maximum Gasteiger partial charge on any atom is 0.309 e. The molecule has 0 atom stereocenters. The molecule has 114 valence electrons. The molecule has 2 fully saturated rings. The van der Waals surface area contributed by atoms with Gasteiger partial charge in [0.15, 0.2) is 0 Å². The van der Waals surface area contributed by atoms with Crippen LogP contribution in [0, 0.1) is 11.8 Å². The van der Waals surface area contributed by atoms with Crippen LogP contribution in [0.1, 0.15) is 58.3 Å². The van der Waals surface area contributed by atoms with Crippen LogP contribution in [0.3, 0.4) is 0 Å². The van der Waals surface area contributed by atoms with Gasteiger partial charge in [-0.2, -0.15) is 0 Å². The van der Waals surface area contributed by atoms with E-state index in [0.717, 1.165) is 25.9 Å². The van der Waals surface area contributed by atoms with E-state index in [4.69, 9.17) is 4.74 Å². The molecular weight excluding hydrogens is 254 g/mol. The Morgan fingerprint density at radius 2 is 1.70 bits per heavy atom. The summed E-state index contributed by atoms with van der Waals surface area (Å²) in [5.74, 6) is 0.791. The Hall–Kier alpha value is -1.06. The Bertz CT molecular complexity index is 329. The molecular formula is C16H27NO3. The number of hydrogen-bond acceptors (Lipinski definition) is 3. The lowest BCUT2D eigenvalue weighted by molar-refractivity contribution is -0.151. The summed E-state index contributed by atoms with van der Waals surface area (Å²) in [5.41, 5.74) is 0. The van der Waals surface area contributed by atoms with Crippen LogP contribution >= 0.6 is 0 Å². The summed E-state index contributed by atoms with van der Waals surface area (Å²) in [6, 6.07) is 0. The van der Waals surface area contributed by atoms with Gasteiger partial charge < -0.3 is 9.64 Å². The van der Waals surface area contributed by atoms with Crippen LogP contribution in [0.25, 0.3) is 0 Å². The van der Waals surface area contributed by atoms with E-state index in [9.17, 15) is 9.59 Å². The molecule has 0 aromatic heterocycles. The van der Waals surface area contributed by atoms with Gasteiger partial charge in [0.2, 0.25) is 5.91 Å². The third-order valence-corrected chi connectivity index (χ3v) is 4.66. The quantitative estimate of drug-likeness (QED) is 0.744. The summed E-state index contributed by atoms with van der Waals surface area (Å²) >= 11 is 0. The van der Waals surface area contributed by atoms with Crippen LogP contribution in [0.15, 0.2) is 0 Å². The van der Waals surface area contributed by atoms with Gasteiger partial charge in [0.05, 0.1) is 12.5 Å². The number of likely N-dealkylation sites (tertiary alicyclic amines) is 1. The largest absolute Gasteiger partial charge is 0.466 e. The molecule has 2 aliphatic rings. The van der Waals surface area contributed by atoms with Gasteiger partial charge in [0.25, 0.3) is 0 Å². The lowest BCUT2D eigenvalue weighted by Crippen LogP contribution is -2.41. The third kappa shape index (κ3) is 4.22. The molecule has 1 aliphatic heterocycles. The van der Waals surface area contributed by atoms with Gasteiger partial charge >= 0.3 is 5.97 Å². The van der Waals surface area contributed by atoms with Gasteiger partial charge in [0.1, 0.15) is 0 Å². The van der Waals surface area contributed by atoms with Crippen LogP contribution in [0.4, 0.5) is 0 Å². The van der Waals surface area contributed by atoms with Gasteiger partial charge in [0, 0.05) is 19.5 Å². The smallest absolute Gasteiger partial charge is 0.309 e. The lowest BCUT2D eigenvalue weighted by atomic mass is 9.86. The van der Waals surface area contributed by atoms with Gasteiger partial charge in [-0.15, -0.1) is 0 Å². The number of amides is 1. The molecule has 1 aliphatic carbocycles. The second-order valence-corrected chi connectivity index (χ2v) is 6.12. The van der Waals surface area contributed by atoms with Gasteiger partial charge in [-0.1, -0.05) is 19.3 Å². The fraction of sp³-hybridized carbons (Fsp3) is 0.875. The van der Waals surface area contributed by atoms with Crippen molar-refractivity contribution in [3.63, 3.8) is 0 Å². The Balaban J connectivity index is 1.72. The monoisotopic (exact) mass is 281 g/mol. The number of esters is 1. The van der Waals surface area contributed by atoms with E-state index < -0.39 is 0 Å². The van der Waals surface area contributed by atoms with Gasteiger partial charge in [-0.3, -0.25) is 9.59 Å². The molecule has 4 heteroatoms. The first kappa shape index (κ1) is 15.3. The summed E-state index contributed by atoms with van der Waals surface area (Å²) in [5, 5.41) is 0. The summed E-state index contributed by atoms with van der Waals surface area (Å²) in [6.45, 7) is 3.71. The summed E-state index contributed by atoms with van der Waals surface area (Å²) in [7, 11) is 0. The van der Waals surface area contributed by atoms with E-state index in [0.29, 0.717) is 24.9 Å². The molecule has 1 heterocycles. The van der Waals surface area contributed by atoms with Gasteiger partial charge in [-0.05, 0) is 38.5 Å². The topological polar surface area (TPSA) is 46.6 Å². The molecule has 0 bridgehead atoms. The number of rotatable bonds is 4. The van der Waals surface area contributed by atoms with E-state index >= 15 is 0 Å². The van der Waals surface area contributed by atoms with Gasteiger partial charge in [-0.25, -0.2) is 0 Å². The molecule has 1 saturated carbocycles. The van der Waals surface area contributed by atoms with Crippen molar-refractivity contribution in [2.24, 2.45) is 11.8 Å². The average molecular weight is 281 g/mol. The maximum atomic E-state index is 12.3. The minimum atomic E-state index is -0.0909. The highest BCUT2D eigenvalue weighted by atomic mass is 16.5. The molecule has 20 heavy (non-hydrogen) atoms. The number of piperidine rings is 1. The molecule has 0 N–H and O–H groups in total. The molecule has 1 saturated heterocycles. The standard InChI is InChI=1S/C16H27NO3/c1-2-20-16(19)14-8-10-17(11-9-14)15(18)12-13-6-4-3-5-7-13/h13-14H,2-12H2,1H3. The van der Waals surface area contributed by atoms with Crippen LogP contribution in [0.2, 0.25) is 0 Å². The van der Waals surface area contributed by atoms with Crippen LogP contribution in [0.5, 0.6) is 0 Å².